The number of quaternary nitrogens is 2. The first kappa shape index (κ1) is 25.4. The number of hydrogen-bond acceptors (Lipinski definition) is 4. The minimum absolute atomic E-state index is 0. The van der Waals surface area contributed by atoms with Gasteiger partial charge in [0.05, 0.1) is 6.10 Å². The van der Waals surface area contributed by atoms with Crippen LogP contribution < -0.4 is 21.3 Å². The zero-order valence-corrected chi connectivity index (χ0v) is 17.0. The Morgan fingerprint density at radius 2 is 1.19 bits per heavy atom. The van der Waals surface area contributed by atoms with Gasteiger partial charge in [-0.1, -0.05) is 60.7 Å². The van der Waals surface area contributed by atoms with Gasteiger partial charge in [-0.3, -0.25) is 0 Å². The van der Waals surface area contributed by atoms with E-state index in [0.717, 1.165) is 0 Å². The van der Waals surface area contributed by atoms with Crippen LogP contribution in [0.2, 0.25) is 0 Å². The van der Waals surface area contributed by atoms with Crippen LogP contribution in [-0.2, 0) is 9.30 Å². The van der Waals surface area contributed by atoms with E-state index in [4.69, 9.17) is 0 Å². The molecular formula is C19H31N2O5P. The van der Waals surface area contributed by atoms with Crippen molar-refractivity contribution >= 4 is 7.60 Å². The molecule has 0 aromatic heterocycles. The fraction of sp³-hybridized carbons (Fsp3) is 0.368. The van der Waals surface area contributed by atoms with Crippen molar-refractivity contribution in [2.45, 2.75) is 44.8 Å². The van der Waals surface area contributed by atoms with E-state index in [-0.39, 0.29) is 11.6 Å². The normalized spacial score (nSPS) is 19.8. The summed E-state index contributed by atoms with van der Waals surface area (Å²) < 4.78 is 14.3. The van der Waals surface area contributed by atoms with Crippen molar-refractivity contribution in [3.05, 3.63) is 71.8 Å². The molecule has 2 aromatic carbocycles. The van der Waals surface area contributed by atoms with E-state index < -0.39 is 13.4 Å². The molecule has 0 spiro atoms. The third-order valence-electron chi connectivity index (χ3n) is 3.73. The highest BCUT2D eigenvalue weighted by Gasteiger charge is 2.36. The highest BCUT2D eigenvalue weighted by Crippen LogP contribution is 2.45. The van der Waals surface area contributed by atoms with Crippen LogP contribution in [0.1, 0.15) is 44.0 Å². The van der Waals surface area contributed by atoms with Crippen LogP contribution in [0.5, 0.6) is 0 Å². The minimum atomic E-state index is -4.40. The molecule has 8 heteroatoms. The highest BCUT2D eigenvalue weighted by molar-refractivity contribution is 7.49. The molecule has 0 bridgehead atoms. The zero-order chi connectivity index (χ0) is 19.7. The molecule has 1 aliphatic rings. The number of epoxide rings is 1. The summed E-state index contributed by atoms with van der Waals surface area (Å²) in [5, 5.41) is 0. The summed E-state index contributed by atoms with van der Waals surface area (Å²) in [5.41, 5.74) is 10.4. The van der Waals surface area contributed by atoms with E-state index in [1.807, 2.05) is 36.4 Å². The van der Waals surface area contributed by atoms with E-state index in [9.17, 15) is 14.4 Å². The van der Waals surface area contributed by atoms with Gasteiger partial charge in [0.25, 0.3) is 0 Å². The predicted molar refractivity (Wildman–Crippen MR) is 101 cm³/mol. The van der Waals surface area contributed by atoms with Crippen molar-refractivity contribution in [3.63, 3.8) is 0 Å². The molecule has 1 saturated heterocycles. The van der Waals surface area contributed by atoms with E-state index in [1.165, 1.54) is 11.1 Å². The topological polar surface area (TPSA) is 162 Å². The molecule has 0 amide bonds. The number of rotatable bonds is 3. The van der Waals surface area contributed by atoms with Gasteiger partial charge in [-0.15, -0.1) is 0 Å². The van der Waals surface area contributed by atoms with Crippen LogP contribution in [0, 0.1) is 0 Å². The van der Waals surface area contributed by atoms with Crippen molar-refractivity contribution in [2.75, 3.05) is 0 Å². The Morgan fingerprint density at radius 1 is 0.889 bits per heavy atom. The van der Waals surface area contributed by atoms with Gasteiger partial charge in [-0.2, -0.15) is 0 Å². The summed E-state index contributed by atoms with van der Waals surface area (Å²) in [6, 6.07) is 21.4. The first-order valence-electron chi connectivity index (χ1n) is 8.56. The summed E-state index contributed by atoms with van der Waals surface area (Å²) in [4.78, 5) is 19.9. The molecule has 2 aromatic rings. The van der Waals surface area contributed by atoms with Crippen LogP contribution in [0.15, 0.2) is 60.7 Å². The Morgan fingerprint density at radius 3 is 1.30 bits per heavy atom. The maximum atomic E-state index is 9.95. The summed E-state index contributed by atoms with van der Waals surface area (Å²) in [6.07, 6.45) is -0.379. The molecular weight excluding hydrogens is 367 g/mol. The number of benzene rings is 2. The van der Waals surface area contributed by atoms with Gasteiger partial charge in [-0.05, 0) is 28.4 Å². The smallest absolute Gasteiger partial charge is 0.110 e. The maximum absolute atomic E-state index is 9.95. The second-order valence-corrected chi connectivity index (χ2v) is 7.98. The molecule has 7 nitrogen and oxygen atoms in total. The molecule has 1 aliphatic heterocycles. The summed E-state index contributed by atoms with van der Waals surface area (Å²) in [5.74, 6) is -1.04. The van der Waals surface area contributed by atoms with Gasteiger partial charge in [-0.25, -0.2) is 0 Å². The van der Waals surface area contributed by atoms with Crippen molar-refractivity contribution in [1.29, 1.82) is 0 Å². The number of hydrogen-bond donors (Lipinski definition) is 2. The fourth-order valence-corrected chi connectivity index (χ4v) is 2.92. The van der Waals surface area contributed by atoms with E-state index >= 15 is 0 Å². The van der Waals surface area contributed by atoms with E-state index in [2.05, 4.69) is 54.3 Å². The lowest BCUT2D eigenvalue weighted by molar-refractivity contribution is -0.420. The molecule has 27 heavy (non-hydrogen) atoms. The van der Waals surface area contributed by atoms with Crippen molar-refractivity contribution in [2.24, 2.45) is 0 Å². The molecule has 1 heterocycles. The molecule has 3 rings (SSSR count). The van der Waals surface area contributed by atoms with Crippen LogP contribution >= 0.6 is 7.60 Å². The second kappa shape index (κ2) is 12.0. The lowest BCUT2D eigenvalue weighted by Crippen LogP contribution is -2.51. The third kappa shape index (κ3) is 10.4. The first-order chi connectivity index (χ1) is 12.1. The SMILES string of the molecule is CC([NH3+])c1ccccc1.C[C@@H]([NH3+])c1ccccc1.C[C@@H]1O[C@@H]1P(=O)([O-])[O-].O. The molecule has 0 saturated carbocycles. The molecule has 1 fully saturated rings. The van der Waals surface area contributed by atoms with Gasteiger partial charge in [0.2, 0.25) is 0 Å². The molecule has 152 valence electrons. The molecule has 1 unspecified atom stereocenters. The Bertz CT molecular complexity index is 634. The second-order valence-electron chi connectivity index (χ2n) is 6.40. The Balaban J connectivity index is 0.000000369. The number of ether oxygens (including phenoxy) is 1. The summed E-state index contributed by atoms with van der Waals surface area (Å²) in [6.45, 7) is 5.73. The zero-order valence-electron chi connectivity index (χ0n) is 16.1. The van der Waals surface area contributed by atoms with Crippen LogP contribution in [0.25, 0.3) is 0 Å². The Labute approximate surface area is 160 Å². The van der Waals surface area contributed by atoms with Crippen LogP contribution in [-0.4, -0.2) is 17.4 Å². The predicted octanol–water partition coefficient (Wildman–Crippen LogP) is -0.201. The summed E-state index contributed by atoms with van der Waals surface area (Å²) in [7, 11) is -4.40. The van der Waals surface area contributed by atoms with E-state index in [0.29, 0.717) is 12.1 Å². The lowest BCUT2D eigenvalue weighted by Gasteiger charge is -2.26. The van der Waals surface area contributed by atoms with Crippen molar-refractivity contribution in [3.8, 4) is 0 Å². The van der Waals surface area contributed by atoms with Crippen molar-refractivity contribution in [1.82, 2.24) is 0 Å². The molecule has 0 aliphatic carbocycles. The Hall–Kier alpha value is -1.57. The van der Waals surface area contributed by atoms with Crippen LogP contribution in [0.4, 0.5) is 0 Å². The quantitative estimate of drug-likeness (QED) is 0.541. The standard InChI is InChI=1S/2C8H11N.C3H7O4P.H2O/c2*1-7(9)8-5-3-2-4-6-8;1-2-3(7-2)8(4,5)6;/h2*2-7H,9H2,1H3;2-3H,1H3,(H2,4,5,6);1H2/t7-;;2-,3+;/m1.0./s1. The van der Waals surface area contributed by atoms with Gasteiger partial charge in [0.1, 0.15) is 17.9 Å². The molecule has 0 radical (unpaired) electrons. The van der Waals surface area contributed by atoms with Crippen molar-refractivity contribution < 1.29 is 36.0 Å². The maximum Gasteiger partial charge on any atom is 0.110 e. The van der Waals surface area contributed by atoms with Gasteiger partial charge >= 0.3 is 0 Å². The minimum Gasteiger partial charge on any atom is -0.809 e. The third-order valence-corrected chi connectivity index (χ3v) is 4.89. The average Bonchev–Trinajstić information content (AvgIpc) is 3.35. The monoisotopic (exact) mass is 398 g/mol. The Kier molecular flexibility index (Phi) is 11.3. The van der Waals surface area contributed by atoms with Gasteiger partial charge in [0, 0.05) is 11.1 Å². The van der Waals surface area contributed by atoms with Gasteiger partial charge in [0.15, 0.2) is 0 Å². The van der Waals surface area contributed by atoms with E-state index in [1.54, 1.807) is 6.92 Å². The molecule has 8 N–H and O–H groups in total. The first-order valence-corrected chi connectivity index (χ1v) is 10.2. The lowest BCUT2D eigenvalue weighted by atomic mass is 10.1. The molecule has 4 atom stereocenters. The van der Waals surface area contributed by atoms with Gasteiger partial charge < -0.3 is 36.0 Å². The highest BCUT2D eigenvalue weighted by atomic mass is 31.2. The summed E-state index contributed by atoms with van der Waals surface area (Å²) >= 11 is 0. The van der Waals surface area contributed by atoms with Crippen LogP contribution in [0.3, 0.4) is 0 Å². The average molecular weight is 398 g/mol. The fourth-order valence-electron chi connectivity index (χ4n) is 2.07. The largest absolute Gasteiger partial charge is 0.809 e.